The third-order valence-electron chi connectivity index (χ3n) is 4.01. The number of amides is 1. The maximum Gasteiger partial charge on any atom is 0.233 e. The van der Waals surface area contributed by atoms with E-state index in [1.54, 1.807) is 11.8 Å². The van der Waals surface area contributed by atoms with Crippen molar-refractivity contribution in [2.24, 2.45) is 0 Å². The van der Waals surface area contributed by atoms with E-state index in [1.807, 2.05) is 18.3 Å². The highest BCUT2D eigenvalue weighted by molar-refractivity contribution is 9.10. The summed E-state index contributed by atoms with van der Waals surface area (Å²) >= 11 is 5.05. The van der Waals surface area contributed by atoms with E-state index in [1.165, 1.54) is 0 Å². The number of carbonyl (C=O) groups excluding carboxylic acids is 1. The molecule has 0 bridgehead atoms. The summed E-state index contributed by atoms with van der Waals surface area (Å²) in [6, 6.07) is 8.24. The van der Waals surface area contributed by atoms with Crippen molar-refractivity contribution in [3.05, 3.63) is 34.9 Å². The lowest BCUT2D eigenvalue weighted by atomic mass is 10.2. The van der Waals surface area contributed by atoms with E-state index < -0.39 is 0 Å². The van der Waals surface area contributed by atoms with Gasteiger partial charge < -0.3 is 9.88 Å². The number of aromatic nitrogens is 2. The van der Waals surface area contributed by atoms with Gasteiger partial charge in [-0.2, -0.15) is 0 Å². The molecule has 1 aliphatic heterocycles. The van der Waals surface area contributed by atoms with Gasteiger partial charge in [0.25, 0.3) is 0 Å². The van der Waals surface area contributed by atoms with Crippen molar-refractivity contribution >= 4 is 33.6 Å². The van der Waals surface area contributed by atoms with Gasteiger partial charge in [-0.05, 0) is 37.5 Å². The van der Waals surface area contributed by atoms with Crippen LogP contribution < -0.4 is 5.32 Å². The van der Waals surface area contributed by atoms with Gasteiger partial charge in [0.05, 0.1) is 17.1 Å². The number of hydrogen-bond acceptors (Lipinski definition) is 3. The molecule has 1 amide bonds. The molecule has 0 aliphatic carbocycles. The van der Waals surface area contributed by atoms with Crippen molar-refractivity contribution in [2.45, 2.75) is 43.1 Å². The Bertz CT molecular complexity index is 684. The van der Waals surface area contributed by atoms with Crippen LogP contribution in [-0.2, 0) is 11.3 Å². The van der Waals surface area contributed by atoms with Crippen LogP contribution in [0.15, 0.2) is 40.1 Å². The third kappa shape index (κ3) is 3.80. The second kappa shape index (κ2) is 7.53. The summed E-state index contributed by atoms with van der Waals surface area (Å²) in [6.45, 7) is 3.74. The lowest BCUT2D eigenvalue weighted by molar-refractivity contribution is -0.120. The van der Waals surface area contributed by atoms with Gasteiger partial charge in [0.15, 0.2) is 5.16 Å². The Morgan fingerprint density at radius 1 is 1.35 bits per heavy atom. The first kappa shape index (κ1) is 16.6. The average Bonchev–Trinajstić information content (AvgIpc) is 2.85. The van der Waals surface area contributed by atoms with E-state index in [2.05, 4.69) is 49.9 Å². The molecule has 0 spiro atoms. The Labute approximate surface area is 149 Å². The molecule has 1 N–H and O–H groups in total. The number of thioether (sulfide) groups is 1. The highest BCUT2D eigenvalue weighted by Crippen LogP contribution is 2.31. The Hall–Kier alpha value is -1.27. The number of nitrogens with zero attached hydrogens (tertiary/aromatic N) is 2. The van der Waals surface area contributed by atoms with Crippen LogP contribution in [-0.4, -0.2) is 27.3 Å². The Kier molecular flexibility index (Phi) is 5.43. The van der Waals surface area contributed by atoms with E-state index in [-0.39, 0.29) is 11.2 Å². The third-order valence-corrected chi connectivity index (χ3v) is 5.81. The molecule has 1 atom stereocenters. The molecule has 2 aromatic rings. The number of benzene rings is 1. The fraction of sp³-hybridized carbons (Fsp3) is 0.412. The zero-order chi connectivity index (χ0) is 16.2. The summed E-state index contributed by atoms with van der Waals surface area (Å²) in [5.41, 5.74) is 2.23. The molecule has 1 saturated heterocycles. The fourth-order valence-electron chi connectivity index (χ4n) is 2.76. The average molecular weight is 394 g/mol. The molecular formula is C17H20BrN3OS. The second-order valence-corrected chi connectivity index (χ2v) is 7.66. The molecular weight excluding hydrogens is 374 g/mol. The number of halogens is 1. The van der Waals surface area contributed by atoms with Crippen LogP contribution in [0.5, 0.6) is 0 Å². The van der Waals surface area contributed by atoms with Crippen LogP contribution in [0.4, 0.5) is 0 Å². The van der Waals surface area contributed by atoms with Crippen LogP contribution >= 0.6 is 27.7 Å². The number of hydrogen-bond donors (Lipinski definition) is 1. The predicted molar refractivity (Wildman–Crippen MR) is 97.5 cm³/mol. The molecule has 0 saturated carbocycles. The maximum atomic E-state index is 12.2. The molecule has 1 aliphatic rings. The maximum absolute atomic E-state index is 12.2. The smallest absolute Gasteiger partial charge is 0.233 e. The van der Waals surface area contributed by atoms with E-state index in [9.17, 15) is 4.79 Å². The van der Waals surface area contributed by atoms with Crippen molar-refractivity contribution in [2.75, 3.05) is 6.54 Å². The molecule has 0 unspecified atom stereocenters. The summed E-state index contributed by atoms with van der Waals surface area (Å²) in [7, 11) is 0. The molecule has 3 rings (SSSR count). The topological polar surface area (TPSA) is 46.9 Å². The van der Waals surface area contributed by atoms with Crippen LogP contribution in [0.3, 0.4) is 0 Å². The summed E-state index contributed by atoms with van der Waals surface area (Å²) in [5.74, 6) is 0.142. The number of nitrogens with one attached hydrogen (secondary N) is 1. The molecule has 1 fully saturated rings. The fourth-order valence-corrected chi connectivity index (χ4v) is 4.22. The predicted octanol–water partition coefficient (Wildman–Crippen LogP) is 4.09. The second-order valence-electron chi connectivity index (χ2n) is 5.57. The van der Waals surface area contributed by atoms with Gasteiger partial charge in [0, 0.05) is 17.6 Å². The van der Waals surface area contributed by atoms with E-state index in [0.717, 1.165) is 53.2 Å². The van der Waals surface area contributed by atoms with E-state index in [4.69, 9.17) is 0 Å². The number of imidazole rings is 1. The molecule has 0 radical (unpaired) electrons. The number of rotatable bonds is 4. The summed E-state index contributed by atoms with van der Waals surface area (Å²) in [6.07, 6.45) is 4.97. The largest absolute Gasteiger partial charge is 0.355 e. The lowest BCUT2D eigenvalue weighted by Crippen LogP contribution is -2.30. The van der Waals surface area contributed by atoms with Gasteiger partial charge >= 0.3 is 0 Å². The minimum atomic E-state index is -0.0389. The first-order chi connectivity index (χ1) is 11.2. The zero-order valence-corrected chi connectivity index (χ0v) is 15.5. The highest BCUT2D eigenvalue weighted by Gasteiger charge is 2.24. The standard InChI is InChI=1S/C17H20BrN3OS/c1-2-21-14(12-6-8-13(18)9-7-12)11-20-17(21)23-15-5-3-4-10-19-16(15)22/h6-9,11,15H,2-5,10H2,1H3,(H,19,22)/t15-/m0/s1. The Balaban J connectivity index is 1.85. The van der Waals surface area contributed by atoms with Crippen molar-refractivity contribution in [3.8, 4) is 11.3 Å². The van der Waals surface area contributed by atoms with E-state index >= 15 is 0 Å². The van der Waals surface area contributed by atoms with Gasteiger partial charge in [-0.15, -0.1) is 0 Å². The molecule has 23 heavy (non-hydrogen) atoms. The molecule has 2 heterocycles. The molecule has 6 heteroatoms. The van der Waals surface area contributed by atoms with Crippen LogP contribution in [0.25, 0.3) is 11.3 Å². The molecule has 122 valence electrons. The zero-order valence-electron chi connectivity index (χ0n) is 13.1. The quantitative estimate of drug-likeness (QED) is 0.850. The first-order valence-electron chi connectivity index (χ1n) is 7.95. The molecule has 1 aromatic heterocycles. The van der Waals surface area contributed by atoms with Gasteiger partial charge in [0.2, 0.25) is 5.91 Å². The minimum Gasteiger partial charge on any atom is -0.355 e. The SMILES string of the molecule is CCn1c(-c2ccc(Br)cc2)cnc1S[C@H]1CCCCNC1=O. The van der Waals surface area contributed by atoms with Crippen LogP contribution in [0, 0.1) is 0 Å². The minimum absolute atomic E-state index is 0.0389. The van der Waals surface area contributed by atoms with Gasteiger partial charge in [0.1, 0.15) is 0 Å². The van der Waals surface area contributed by atoms with Gasteiger partial charge in [-0.1, -0.05) is 46.2 Å². The summed E-state index contributed by atoms with van der Waals surface area (Å²) in [4.78, 5) is 16.7. The monoisotopic (exact) mass is 393 g/mol. The Morgan fingerprint density at radius 3 is 2.87 bits per heavy atom. The van der Waals surface area contributed by atoms with Crippen molar-refractivity contribution in [1.82, 2.24) is 14.9 Å². The normalized spacial score (nSPS) is 18.5. The van der Waals surface area contributed by atoms with Gasteiger partial charge in [-0.3, -0.25) is 4.79 Å². The van der Waals surface area contributed by atoms with E-state index in [0.29, 0.717) is 0 Å². The van der Waals surface area contributed by atoms with Crippen molar-refractivity contribution in [3.63, 3.8) is 0 Å². The van der Waals surface area contributed by atoms with Crippen LogP contribution in [0.1, 0.15) is 26.2 Å². The lowest BCUT2D eigenvalue weighted by Gasteiger charge is -2.14. The van der Waals surface area contributed by atoms with Crippen LogP contribution in [0.2, 0.25) is 0 Å². The first-order valence-corrected chi connectivity index (χ1v) is 9.62. The summed E-state index contributed by atoms with van der Waals surface area (Å²) < 4.78 is 3.25. The van der Waals surface area contributed by atoms with Gasteiger partial charge in [-0.25, -0.2) is 4.98 Å². The molecule has 4 nitrogen and oxygen atoms in total. The Morgan fingerprint density at radius 2 is 2.13 bits per heavy atom. The van der Waals surface area contributed by atoms with Crippen molar-refractivity contribution in [1.29, 1.82) is 0 Å². The highest BCUT2D eigenvalue weighted by atomic mass is 79.9. The molecule has 1 aromatic carbocycles. The summed E-state index contributed by atoms with van der Waals surface area (Å²) in [5, 5.41) is 3.88. The van der Waals surface area contributed by atoms with Crippen molar-refractivity contribution < 1.29 is 4.79 Å². The number of carbonyl (C=O) groups is 1.